The van der Waals surface area contributed by atoms with Gasteiger partial charge in [-0.3, -0.25) is 25.0 Å². The van der Waals surface area contributed by atoms with Gasteiger partial charge in [0.1, 0.15) is 0 Å². The molecule has 0 aliphatic carbocycles. The fourth-order valence-electron chi connectivity index (χ4n) is 2.25. The molecular weight excluding hydrogens is 380 g/mol. The maximum Gasteiger partial charge on any atom is 0.273 e. The minimum absolute atomic E-state index is 0.0283. The average Bonchev–Trinajstić information content (AvgIpc) is 2.61. The van der Waals surface area contributed by atoms with E-state index >= 15 is 0 Å². The largest absolute Gasteiger partial charge is 0.332 e. The van der Waals surface area contributed by atoms with Gasteiger partial charge in [-0.15, -0.1) is 0 Å². The minimum Gasteiger partial charge on any atom is -0.332 e. The van der Waals surface area contributed by atoms with Gasteiger partial charge in [-0.1, -0.05) is 26.0 Å². The number of rotatable bonds is 5. The number of nitro benzene ring substituents is 1. The number of hydrogen-bond acceptors (Lipinski definition) is 5. The molecule has 2 amide bonds. The molecule has 2 aromatic rings. The molecule has 28 heavy (non-hydrogen) atoms. The van der Waals surface area contributed by atoms with Crippen LogP contribution in [0, 0.1) is 23.0 Å². The second-order valence-corrected chi connectivity index (χ2v) is 6.80. The summed E-state index contributed by atoms with van der Waals surface area (Å²) in [5, 5.41) is 19.1. The lowest BCUT2D eigenvalue weighted by molar-refractivity contribution is -0.385. The normalized spacial score (nSPS) is 10.3. The van der Waals surface area contributed by atoms with Crippen LogP contribution in [0.15, 0.2) is 42.5 Å². The van der Waals surface area contributed by atoms with Gasteiger partial charge in [0, 0.05) is 34.5 Å². The van der Waals surface area contributed by atoms with Crippen LogP contribution in [0.3, 0.4) is 0 Å². The molecule has 0 aromatic heterocycles. The Kier molecular flexibility index (Phi) is 6.78. The van der Waals surface area contributed by atoms with Crippen LogP contribution >= 0.6 is 12.2 Å². The van der Waals surface area contributed by atoms with Crippen molar-refractivity contribution >= 4 is 46.2 Å². The van der Waals surface area contributed by atoms with Crippen molar-refractivity contribution < 1.29 is 14.5 Å². The molecule has 3 N–H and O–H groups in total. The second kappa shape index (κ2) is 9.05. The number of benzene rings is 2. The van der Waals surface area contributed by atoms with Crippen molar-refractivity contribution in [3.05, 3.63) is 63.7 Å². The fraction of sp³-hybridized carbons (Fsp3) is 0.211. The Bertz CT molecular complexity index is 943. The van der Waals surface area contributed by atoms with E-state index in [1.54, 1.807) is 45.0 Å². The number of carbonyl (C=O) groups excluding carboxylic acids is 2. The zero-order valence-electron chi connectivity index (χ0n) is 15.6. The molecule has 9 heteroatoms. The van der Waals surface area contributed by atoms with Crippen molar-refractivity contribution in [2.75, 3.05) is 10.6 Å². The van der Waals surface area contributed by atoms with E-state index in [1.165, 1.54) is 18.2 Å². The first-order valence-electron chi connectivity index (χ1n) is 8.45. The molecule has 2 rings (SSSR count). The Morgan fingerprint density at radius 3 is 2.32 bits per heavy atom. The number of carbonyl (C=O) groups is 2. The maximum atomic E-state index is 12.3. The number of hydrogen-bond donors (Lipinski definition) is 3. The Hall–Kier alpha value is -3.33. The number of nitrogens with zero attached hydrogens (tertiary/aromatic N) is 1. The third kappa shape index (κ3) is 5.58. The van der Waals surface area contributed by atoms with Gasteiger partial charge in [0.2, 0.25) is 5.91 Å². The van der Waals surface area contributed by atoms with Crippen LogP contribution in [0.2, 0.25) is 0 Å². The van der Waals surface area contributed by atoms with E-state index < -0.39 is 10.8 Å². The highest BCUT2D eigenvalue weighted by Crippen LogP contribution is 2.19. The predicted octanol–water partition coefficient (Wildman–Crippen LogP) is 3.62. The summed E-state index contributed by atoms with van der Waals surface area (Å²) in [5.74, 6) is -0.839. The van der Waals surface area contributed by atoms with Crippen molar-refractivity contribution in [1.29, 1.82) is 0 Å². The standard InChI is InChI=1S/C19H20N4O4S/c1-11(2)17(24)20-14-5-4-6-15(10-14)21-19(28)22-18(25)13-8-7-12(3)16(9-13)23(26)27/h4-11H,1-3H3,(H,20,24)(H2,21,22,25,28). The topological polar surface area (TPSA) is 113 Å². The molecule has 0 unspecified atom stereocenters. The van der Waals surface area contributed by atoms with Crippen LogP contribution in [0.25, 0.3) is 0 Å². The van der Waals surface area contributed by atoms with Crippen LogP contribution in [0.5, 0.6) is 0 Å². The monoisotopic (exact) mass is 400 g/mol. The summed E-state index contributed by atoms with van der Waals surface area (Å²) in [5.41, 5.74) is 1.61. The van der Waals surface area contributed by atoms with Crippen LogP contribution in [0.4, 0.5) is 17.1 Å². The van der Waals surface area contributed by atoms with E-state index in [1.807, 2.05) is 0 Å². The van der Waals surface area contributed by atoms with Gasteiger partial charge in [0.25, 0.3) is 11.6 Å². The molecule has 0 bridgehead atoms. The molecule has 0 fully saturated rings. The molecule has 2 aromatic carbocycles. The zero-order chi connectivity index (χ0) is 20.8. The highest BCUT2D eigenvalue weighted by Gasteiger charge is 2.16. The zero-order valence-corrected chi connectivity index (χ0v) is 16.4. The summed E-state index contributed by atoms with van der Waals surface area (Å²) in [4.78, 5) is 34.6. The van der Waals surface area contributed by atoms with Gasteiger partial charge in [-0.2, -0.15) is 0 Å². The molecule has 0 saturated heterocycles. The molecule has 0 atom stereocenters. The second-order valence-electron chi connectivity index (χ2n) is 6.39. The fourth-order valence-corrected chi connectivity index (χ4v) is 2.46. The number of aryl methyl sites for hydroxylation is 1. The van der Waals surface area contributed by atoms with Crippen LogP contribution in [-0.2, 0) is 4.79 Å². The van der Waals surface area contributed by atoms with Gasteiger partial charge < -0.3 is 10.6 Å². The SMILES string of the molecule is Cc1ccc(C(=O)NC(=S)Nc2cccc(NC(=O)C(C)C)c2)cc1[N+](=O)[O-]. The van der Waals surface area contributed by atoms with Crippen molar-refractivity contribution in [3.63, 3.8) is 0 Å². The summed E-state index contributed by atoms with van der Waals surface area (Å²) in [6.07, 6.45) is 0. The maximum absolute atomic E-state index is 12.3. The van der Waals surface area contributed by atoms with Crippen LogP contribution in [0.1, 0.15) is 29.8 Å². The number of anilines is 2. The Morgan fingerprint density at radius 2 is 1.71 bits per heavy atom. The summed E-state index contributed by atoms with van der Waals surface area (Å²) in [6, 6.07) is 11.1. The Morgan fingerprint density at radius 1 is 1.07 bits per heavy atom. The van der Waals surface area contributed by atoms with E-state index in [0.29, 0.717) is 16.9 Å². The first kappa shape index (κ1) is 21.0. The summed E-state index contributed by atoms with van der Waals surface area (Å²) in [6.45, 7) is 5.17. The van der Waals surface area contributed by atoms with Crippen molar-refractivity contribution in [2.24, 2.45) is 5.92 Å². The molecule has 0 radical (unpaired) electrons. The first-order valence-corrected chi connectivity index (χ1v) is 8.86. The van der Waals surface area contributed by atoms with E-state index in [9.17, 15) is 19.7 Å². The molecule has 146 valence electrons. The highest BCUT2D eigenvalue weighted by molar-refractivity contribution is 7.80. The number of nitrogens with one attached hydrogen (secondary N) is 3. The summed E-state index contributed by atoms with van der Waals surface area (Å²) in [7, 11) is 0. The lowest BCUT2D eigenvalue weighted by atomic mass is 10.1. The van der Waals surface area contributed by atoms with Crippen LogP contribution < -0.4 is 16.0 Å². The van der Waals surface area contributed by atoms with E-state index in [2.05, 4.69) is 16.0 Å². The van der Waals surface area contributed by atoms with Crippen molar-refractivity contribution in [2.45, 2.75) is 20.8 Å². The average molecular weight is 400 g/mol. The lowest BCUT2D eigenvalue weighted by Crippen LogP contribution is -2.34. The van der Waals surface area contributed by atoms with E-state index in [-0.39, 0.29) is 28.2 Å². The smallest absolute Gasteiger partial charge is 0.273 e. The number of nitro groups is 1. The molecule has 0 saturated carbocycles. The van der Waals surface area contributed by atoms with Gasteiger partial charge in [0.15, 0.2) is 5.11 Å². The number of thiocarbonyl (C=S) groups is 1. The number of amides is 2. The van der Waals surface area contributed by atoms with Gasteiger partial charge in [0.05, 0.1) is 4.92 Å². The van der Waals surface area contributed by atoms with E-state index in [4.69, 9.17) is 12.2 Å². The molecular formula is C19H20N4O4S. The van der Waals surface area contributed by atoms with Crippen molar-refractivity contribution in [3.8, 4) is 0 Å². The lowest BCUT2D eigenvalue weighted by Gasteiger charge is -2.12. The third-order valence-electron chi connectivity index (χ3n) is 3.81. The molecule has 0 aliphatic heterocycles. The van der Waals surface area contributed by atoms with Crippen LogP contribution in [-0.4, -0.2) is 21.9 Å². The van der Waals surface area contributed by atoms with Gasteiger partial charge in [-0.25, -0.2) is 0 Å². The quantitative estimate of drug-likeness (QED) is 0.401. The summed E-state index contributed by atoms with van der Waals surface area (Å²) >= 11 is 5.13. The first-order chi connectivity index (χ1) is 13.2. The Labute approximate surface area is 167 Å². The third-order valence-corrected chi connectivity index (χ3v) is 4.01. The minimum atomic E-state index is -0.565. The predicted molar refractivity (Wildman–Crippen MR) is 111 cm³/mol. The van der Waals surface area contributed by atoms with Gasteiger partial charge in [-0.05, 0) is 43.4 Å². The summed E-state index contributed by atoms with van der Waals surface area (Å²) < 4.78 is 0. The van der Waals surface area contributed by atoms with Gasteiger partial charge >= 0.3 is 0 Å². The van der Waals surface area contributed by atoms with Crippen molar-refractivity contribution in [1.82, 2.24) is 5.32 Å². The van der Waals surface area contributed by atoms with E-state index in [0.717, 1.165) is 0 Å². The highest BCUT2D eigenvalue weighted by atomic mass is 32.1. The molecule has 8 nitrogen and oxygen atoms in total. The molecule has 0 spiro atoms. The molecule has 0 aliphatic rings. The molecule has 0 heterocycles. The Balaban J connectivity index is 2.04.